The molecule has 306 valence electrons. The number of benzene rings is 7. The molecular formula is C56H44N4OPt-2. The standard InChI is InChI=1S/C56H44N4O.Pt/c1-56(2,3)42-33-47(38-17-6-4-7-18-38)55(48(34-42)39-19-8-5-9-20-39)59-37-58(50-25-12-13-26-51(50)59)43-23-16-24-44(35-43)61-45-28-29-46-49-31-40-21-10-11-22-41(40)32-52(49)60(53(46)36-45)54-27-14-15-30-57-54;/h4-9,12-20,23-34H,10-11,21-22H2,1-3H3;/q-2;. The van der Waals surface area contributed by atoms with Crippen molar-refractivity contribution in [3.8, 4) is 50.9 Å². The molecule has 1 aliphatic rings. The molecule has 3 heterocycles. The Morgan fingerprint density at radius 1 is 0.565 bits per heavy atom. The van der Waals surface area contributed by atoms with Gasteiger partial charge in [-0.1, -0.05) is 6.07 Å². The molecule has 7 aromatic carbocycles. The third kappa shape index (κ3) is 6.67. The number of fused-ring (bicyclic) bond motifs is 5. The first-order valence-electron chi connectivity index (χ1n) is 21.4. The second-order valence-electron chi connectivity index (χ2n) is 17.3. The molecule has 0 bridgehead atoms. The average Bonchev–Trinajstić information content (AvgIpc) is 3.78. The van der Waals surface area contributed by atoms with Gasteiger partial charge in [-0.3, -0.25) is 0 Å². The Morgan fingerprint density at radius 3 is 1.85 bits per heavy atom. The molecule has 0 saturated carbocycles. The van der Waals surface area contributed by atoms with Crippen LogP contribution in [0.1, 0.15) is 50.3 Å². The minimum atomic E-state index is -0.0661. The summed E-state index contributed by atoms with van der Waals surface area (Å²) in [6, 6.07) is 63.5. The molecule has 0 spiro atoms. The Morgan fingerprint density at radius 2 is 1.19 bits per heavy atom. The number of hydrogen-bond donors (Lipinski definition) is 0. The Hall–Kier alpha value is -6.55. The van der Waals surface area contributed by atoms with Crippen LogP contribution < -0.4 is 4.74 Å². The molecule has 10 aromatic rings. The van der Waals surface area contributed by atoms with Crippen molar-refractivity contribution >= 4 is 32.8 Å². The van der Waals surface area contributed by atoms with E-state index < -0.39 is 0 Å². The fraction of sp³-hybridized carbons (Fsp3) is 0.143. The van der Waals surface area contributed by atoms with Gasteiger partial charge < -0.3 is 0 Å². The van der Waals surface area contributed by atoms with E-state index in [-0.39, 0.29) is 5.41 Å². The molecule has 0 radical (unpaired) electrons. The van der Waals surface area contributed by atoms with E-state index >= 15 is 0 Å². The van der Waals surface area contributed by atoms with Crippen molar-refractivity contribution in [3.05, 3.63) is 197 Å². The summed E-state index contributed by atoms with van der Waals surface area (Å²) in [6.45, 7) is 6.88. The van der Waals surface area contributed by atoms with Crippen molar-refractivity contribution in [1.29, 1.82) is 0 Å². The summed E-state index contributed by atoms with van der Waals surface area (Å²) in [5.41, 5.74) is 15.1. The van der Waals surface area contributed by atoms with E-state index in [4.69, 9.17) is 9.72 Å². The van der Waals surface area contributed by atoms with Crippen LogP contribution in [0.5, 0.6) is 11.5 Å². The van der Waals surface area contributed by atoms with Crippen LogP contribution in [0.15, 0.2) is 164 Å². The van der Waals surface area contributed by atoms with Crippen molar-refractivity contribution in [1.82, 2.24) is 18.7 Å². The number of aryl methyl sites for hydroxylation is 2. The molecule has 0 amide bonds. The van der Waals surface area contributed by atoms with Crippen molar-refractivity contribution in [2.75, 3.05) is 0 Å². The summed E-state index contributed by atoms with van der Waals surface area (Å²) in [5.74, 6) is 2.10. The molecule has 62 heavy (non-hydrogen) atoms. The molecule has 11 rings (SSSR count). The van der Waals surface area contributed by atoms with Gasteiger partial charge >= 0.3 is 320 Å². The van der Waals surface area contributed by atoms with Gasteiger partial charge in [0.2, 0.25) is 0 Å². The van der Waals surface area contributed by atoms with E-state index in [0.29, 0.717) is 11.5 Å². The maximum absolute atomic E-state index is 6.71. The van der Waals surface area contributed by atoms with E-state index in [2.05, 4.69) is 193 Å². The first-order chi connectivity index (χ1) is 30.3. The van der Waals surface area contributed by atoms with Gasteiger partial charge in [-0.05, 0) is 42.9 Å². The van der Waals surface area contributed by atoms with E-state index in [9.17, 15) is 0 Å². The number of ether oxygens (including phenoxy) is 1. The Balaban J connectivity index is 1.07. The zero-order valence-electron chi connectivity index (χ0n) is 34.9. The number of hydrogen-bond acceptors (Lipinski definition) is 2. The van der Waals surface area contributed by atoms with Crippen LogP contribution in [0.4, 0.5) is 0 Å². The van der Waals surface area contributed by atoms with Crippen molar-refractivity contribution in [3.63, 3.8) is 0 Å². The first kappa shape index (κ1) is 38.4. The van der Waals surface area contributed by atoms with Crippen LogP contribution in [-0.4, -0.2) is 18.7 Å². The second-order valence-corrected chi connectivity index (χ2v) is 18.3. The predicted octanol–water partition coefficient (Wildman–Crippen LogP) is 13.9. The number of imidazole rings is 1. The predicted molar refractivity (Wildman–Crippen MR) is 248 cm³/mol. The monoisotopic (exact) mass is 983 g/mol. The third-order valence-corrected chi connectivity index (χ3v) is 13.3. The number of rotatable bonds is 7. The Kier molecular flexibility index (Phi) is 9.54. The number of aromatic nitrogens is 4. The molecule has 0 unspecified atom stereocenters. The van der Waals surface area contributed by atoms with Crippen LogP contribution in [0.2, 0.25) is 0 Å². The molecule has 5 nitrogen and oxygen atoms in total. The molecule has 0 aliphatic heterocycles. The van der Waals surface area contributed by atoms with Gasteiger partial charge in [0, 0.05) is 6.20 Å². The summed E-state index contributed by atoms with van der Waals surface area (Å²) in [4.78, 5) is 4.80. The summed E-state index contributed by atoms with van der Waals surface area (Å²) >= 11 is 2.50. The normalized spacial score (nSPS) is 12.9. The van der Waals surface area contributed by atoms with Gasteiger partial charge in [0.1, 0.15) is 0 Å². The molecule has 0 atom stereocenters. The molecule has 6 heteroatoms. The summed E-state index contributed by atoms with van der Waals surface area (Å²) < 4.78 is 14.7. The summed E-state index contributed by atoms with van der Waals surface area (Å²) in [6.07, 6.45) is 6.56. The van der Waals surface area contributed by atoms with E-state index in [1.807, 2.05) is 36.5 Å². The van der Waals surface area contributed by atoms with E-state index in [0.717, 1.165) is 61.3 Å². The average molecular weight is 984 g/mol. The topological polar surface area (TPSA) is 36.9 Å². The molecule has 1 aliphatic carbocycles. The van der Waals surface area contributed by atoms with Gasteiger partial charge in [-0.2, -0.15) is 0 Å². The van der Waals surface area contributed by atoms with Crippen molar-refractivity contribution in [2.24, 2.45) is 0 Å². The molecule has 0 fully saturated rings. The summed E-state index contributed by atoms with van der Waals surface area (Å²) in [7, 11) is 0. The number of nitrogens with zero attached hydrogens (tertiary/aromatic N) is 4. The van der Waals surface area contributed by atoms with Crippen molar-refractivity contribution < 1.29 is 24.1 Å². The quantitative estimate of drug-likeness (QED) is 0.149. The fourth-order valence-electron chi connectivity index (χ4n) is 9.22. The van der Waals surface area contributed by atoms with Crippen LogP contribution in [0.3, 0.4) is 0 Å². The van der Waals surface area contributed by atoms with Crippen molar-refractivity contribution in [2.45, 2.75) is 51.9 Å². The van der Waals surface area contributed by atoms with Crippen LogP contribution in [-0.2, 0) is 37.6 Å². The van der Waals surface area contributed by atoms with Crippen LogP contribution in [0.25, 0.3) is 72.3 Å². The van der Waals surface area contributed by atoms with Gasteiger partial charge in [-0.25, -0.2) is 0 Å². The molecule has 0 N–H and O–H groups in total. The van der Waals surface area contributed by atoms with Gasteiger partial charge in [0.15, 0.2) is 0 Å². The van der Waals surface area contributed by atoms with Crippen LogP contribution >= 0.6 is 0 Å². The van der Waals surface area contributed by atoms with Crippen LogP contribution in [0, 0.1) is 15.9 Å². The van der Waals surface area contributed by atoms with Gasteiger partial charge in [0.05, 0.1) is 0 Å². The summed E-state index contributed by atoms with van der Waals surface area (Å²) in [5, 5.41) is 2.37. The van der Waals surface area contributed by atoms with Gasteiger partial charge in [-0.15, -0.1) is 0 Å². The molecular weight excluding hydrogens is 940 g/mol. The number of para-hydroxylation sites is 2. The molecule has 3 aromatic heterocycles. The first-order valence-corrected chi connectivity index (χ1v) is 22.6. The minimum absolute atomic E-state index is 0.0661. The zero-order chi connectivity index (χ0) is 42.0. The number of pyridine rings is 1. The third-order valence-electron chi connectivity index (χ3n) is 12.3. The van der Waals surface area contributed by atoms with E-state index in [1.54, 1.807) is 0 Å². The zero-order valence-corrected chi connectivity index (χ0v) is 37.2. The fourth-order valence-corrected chi connectivity index (χ4v) is 10.3. The Bertz CT molecular complexity index is 3310. The maximum atomic E-state index is 6.71. The van der Waals surface area contributed by atoms with Gasteiger partial charge in [0.25, 0.3) is 0 Å². The SMILES string of the molecule is CC(C)(C)c1cc(-c2ccccc2)c(-n2[c](=[Pt])n(-c3[c-]c(Oc4[c-]c5c(cc4)c4cc6c(cc4n5-c4ccccn4)CCCC6)ccc3)c3ccccc32)c(-c2ccccc2)c1. The second kappa shape index (κ2) is 15.4. The van der Waals surface area contributed by atoms with E-state index in [1.165, 1.54) is 57.2 Å². The molecule has 0 saturated heterocycles. The Labute approximate surface area is 372 Å².